The predicted molar refractivity (Wildman–Crippen MR) is 122 cm³/mol. The van der Waals surface area contributed by atoms with Crippen molar-refractivity contribution >= 4 is 33.2 Å². The third kappa shape index (κ3) is 5.43. The number of nitrogens with one attached hydrogen (secondary N) is 1. The summed E-state index contributed by atoms with van der Waals surface area (Å²) in [5.74, 6) is 0.0931. The quantitative estimate of drug-likeness (QED) is 0.651. The van der Waals surface area contributed by atoms with Crippen LogP contribution in [0.2, 0.25) is 5.02 Å². The highest BCUT2D eigenvalue weighted by Gasteiger charge is 2.32. The minimum Gasteiger partial charge on any atom is -0.489 e. The van der Waals surface area contributed by atoms with Crippen LogP contribution in [0.4, 0.5) is 5.69 Å². The molecule has 2 aliphatic heterocycles. The van der Waals surface area contributed by atoms with E-state index in [2.05, 4.69) is 5.32 Å². The average Bonchev–Trinajstić information content (AvgIpc) is 3.33. The molecule has 7 nitrogen and oxygen atoms in total. The van der Waals surface area contributed by atoms with Crippen LogP contribution in [-0.2, 0) is 19.6 Å². The number of rotatable bonds is 7. The molecule has 0 aromatic heterocycles. The smallest absolute Gasteiger partial charge is 0.243 e. The van der Waals surface area contributed by atoms with E-state index in [1.165, 1.54) is 4.31 Å². The molecule has 2 aliphatic rings. The van der Waals surface area contributed by atoms with Crippen molar-refractivity contribution in [3.63, 3.8) is 0 Å². The van der Waals surface area contributed by atoms with Crippen molar-refractivity contribution in [3.8, 4) is 5.75 Å². The van der Waals surface area contributed by atoms with Gasteiger partial charge in [0.2, 0.25) is 15.9 Å². The Morgan fingerprint density at radius 2 is 1.88 bits per heavy atom. The molecular weight excluding hydrogens is 452 g/mol. The van der Waals surface area contributed by atoms with E-state index in [1.807, 2.05) is 0 Å². The van der Waals surface area contributed by atoms with Crippen molar-refractivity contribution in [1.29, 1.82) is 0 Å². The second kappa shape index (κ2) is 10.2. The fourth-order valence-electron chi connectivity index (χ4n) is 4.02. The molecule has 1 atom stereocenters. The standard InChI is InChI=1S/C23H27ClN2O5S/c24-18-8-9-22(31-16-19-5-4-14-30-19)21(15-18)25-23(27)17-10-12-26(13-11-17)32(28,29)20-6-2-1-3-7-20/h1-3,6-9,15,17,19H,4-5,10-14,16H2,(H,25,27). The van der Waals surface area contributed by atoms with Gasteiger partial charge in [0.05, 0.1) is 16.7 Å². The van der Waals surface area contributed by atoms with E-state index in [0.717, 1.165) is 19.4 Å². The zero-order valence-corrected chi connectivity index (χ0v) is 19.3. The zero-order chi connectivity index (χ0) is 22.6. The summed E-state index contributed by atoms with van der Waals surface area (Å²) in [5, 5.41) is 3.42. The number of nitrogens with zero attached hydrogens (tertiary/aromatic N) is 1. The highest BCUT2D eigenvalue weighted by Crippen LogP contribution is 2.31. The van der Waals surface area contributed by atoms with Crippen molar-refractivity contribution in [1.82, 2.24) is 4.31 Å². The Bertz CT molecular complexity index is 1030. The average molecular weight is 479 g/mol. The molecule has 32 heavy (non-hydrogen) atoms. The molecule has 0 aliphatic carbocycles. The molecule has 2 aromatic rings. The summed E-state index contributed by atoms with van der Waals surface area (Å²) >= 11 is 6.14. The summed E-state index contributed by atoms with van der Waals surface area (Å²) in [7, 11) is -3.55. The number of carbonyl (C=O) groups excluding carboxylic acids is 1. The Hall–Kier alpha value is -2.13. The fraction of sp³-hybridized carbons (Fsp3) is 0.435. The largest absolute Gasteiger partial charge is 0.489 e. The number of amides is 1. The number of ether oxygens (including phenoxy) is 2. The molecule has 2 fully saturated rings. The van der Waals surface area contributed by atoms with E-state index in [0.29, 0.717) is 49.0 Å². The number of piperidine rings is 1. The van der Waals surface area contributed by atoms with Gasteiger partial charge in [-0.3, -0.25) is 4.79 Å². The molecule has 0 radical (unpaired) electrons. The number of hydrogen-bond acceptors (Lipinski definition) is 5. The van der Waals surface area contributed by atoms with Gasteiger partial charge in [0.25, 0.3) is 0 Å². The van der Waals surface area contributed by atoms with Gasteiger partial charge >= 0.3 is 0 Å². The highest BCUT2D eigenvalue weighted by molar-refractivity contribution is 7.89. The molecule has 0 bridgehead atoms. The van der Waals surface area contributed by atoms with Crippen LogP contribution in [0, 0.1) is 5.92 Å². The number of sulfonamides is 1. The van der Waals surface area contributed by atoms with E-state index in [4.69, 9.17) is 21.1 Å². The van der Waals surface area contributed by atoms with Gasteiger partial charge in [-0.15, -0.1) is 0 Å². The van der Waals surface area contributed by atoms with Crippen molar-refractivity contribution < 1.29 is 22.7 Å². The van der Waals surface area contributed by atoms with E-state index >= 15 is 0 Å². The monoisotopic (exact) mass is 478 g/mol. The summed E-state index contributed by atoms with van der Waals surface area (Å²) in [5.41, 5.74) is 0.514. The van der Waals surface area contributed by atoms with E-state index < -0.39 is 10.0 Å². The summed E-state index contributed by atoms with van der Waals surface area (Å²) in [6, 6.07) is 13.5. The van der Waals surface area contributed by atoms with Gasteiger partial charge in [0.15, 0.2) is 0 Å². The lowest BCUT2D eigenvalue weighted by atomic mass is 9.97. The second-order valence-corrected chi connectivity index (χ2v) is 10.4. The van der Waals surface area contributed by atoms with Gasteiger partial charge < -0.3 is 14.8 Å². The van der Waals surface area contributed by atoms with Gasteiger partial charge in [-0.1, -0.05) is 29.8 Å². The Labute approximate surface area is 193 Å². The van der Waals surface area contributed by atoms with E-state index in [-0.39, 0.29) is 22.8 Å². The summed E-state index contributed by atoms with van der Waals surface area (Å²) < 4.78 is 38.5. The van der Waals surface area contributed by atoms with Gasteiger partial charge in [0, 0.05) is 30.6 Å². The number of halogens is 1. The Balaban J connectivity index is 1.36. The first kappa shape index (κ1) is 23.0. The molecule has 1 N–H and O–H groups in total. The van der Waals surface area contributed by atoms with Crippen LogP contribution < -0.4 is 10.1 Å². The molecular formula is C23H27ClN2O5S. The lowest BCUT2D eigenvalue weighted by Gasteiger charge is -2.30. The summed E-state index contributed by atoms with van der Waals surface area (Å²) in [6.07, 6.45) is 2.94. The first-order valence-corrected chi connectivity index (χ1v) is 12.7. The van der Waals surface area contributed by atoms with Crippen LogP contribution in [0.5, 0.6) is 5.75 Å². The maximum Gasteiger partial charge on any atom is 0.243 e. The highest BCUT2D eigenvalue weighted by atomic mass is 35.5. The van der Waals surface area contributed by atoms with Crippen LogP contribution in [0.25, 0.3) is 0 Å². The summed E-state index contributed by atoms with van der Waals surface area (Å²) in [4.78, 5) is 13.2. The maximum absolute atomic E-state index is 12.9. The topological polar surface area (TPSA) is 84.9 Å². The first-order chi connectivity index (χ1) is 15.4. The number of carbonyl (C=O) groups is 1. The lowest BCUT2D eigenvalue weighted by Crippen LogP contribution is -2.41. The molecule has 0 spiro atoms. The predicted octanol–water partition coefficient (Wildman–Crippen LogP) is 3.94. The molecule has 4 rings (SSSR count). The van der Waals surface area contributed by atoms with E-state index in [9.17, 15) is 13.2 Å². The molecule has 2 saturated heterocycles. The van der Waals surface area contributed by atoms with Crippen LogP contribution in [0.1, 0.15) is 25.7 Å². The minimum absolute atomic E-state index is 0.0603. The molecule has 1 unspecified atom stereocenters. The van der Waals surface area contributed by atoms with Crippen LogP contribution in [0.3, 0.4) is 0 Å². The SMILES string of the molecule is O=C(Nc1cc(Cl)ccc1OCC1CCCO1)C1CCN(S(=O)(=O)c2ccccc2)CC1. The number of hydrogen-bond donors (Lipinski definition) is 1. The van der Waals surface area contributed by atoms with Crippen LogP contribution in [0.15, 0.2) is 53.4 Å². The van der Waals surface area contributed by atoms with Crippen molar-refractivity contribution in [2.24, 2.45) is 5.92 Å². The first-order valence-electron chi connectivity index (χ1n) is 10.8. The normalized spacial score (nSPS) is 20.2. The fourth-order valence-corrected chi connectivity index (χ4v) is 5.68. The lowest BCUT2D eigenvalue weighted by molar-refractivity contribution is -0.120. The molecule has 0 saturated carbocycles. The zero-order valence-electron chi connectivity index (χ0n) is 17.7. The number of anilines is 1. The van der Waals surface area contributed by atoms with Gasteiger partial charge in [-0.25, -0.2) is 8.42 Å². The van der Waals surface area contributed by atoms with Crippen molar-refractivity contribution in [3.05, 3.63) is 53.6 Å². The molecule has 172 valence electrons. The third-order valence-electron chi connectivity index (χ3n) is 5.85. The number of benzene rings is 2. The van der Waals surface area contributed by atoms with Crippen molar-refractivity contribution in [2.45, 2.75) is 36.7 Å². The van der Waals surface area contributed by atoms with Gasteiger partial charge in [0.1, 0.15) is 12.4 Å². The Morgan fingerprint density at radius 1 is 1.12 bits per heavy atom. The third-order valence-corrected chi connectivity index (χ3v) is 8.00. The molecule has 2 heterocycles. The van der Waals surface area contributed by atoms with Crippen molar-refractivity contribution in [2.75, 3.05) is 31.6 Å². The summed E-state index contributed by atoms with van der Waals surface area (Å²) in [6.45, 7) is 1.76. The van der Waals surface area contributed by atoms with Crippen LogP contribution >= 0.6 is 11.6 Å². The molecule has 2 aromatic carbocycles. The second-order valence-electron chi connectivity index (χ2n) is 8.07. The molecule has 9 heteroatoms. The maximum atomic E-state index is 12.9. The van der Waals surface area contributed by atoms with Crippen LogP contribution in [-0.4, -0.2) is 51.0 Å². The van der Waals surface area contributed by atoms with Gasteiger partial charge in [-0.05, 0) is 56.0 Å². The van der Waals surface area contributed by atoms with E-state index in [1.54, 1.807) is 48.5 Å². The molecule has 1 amide bonds. The van der Waals surface area contributed by atoms with Gasteiger partial charge in [-0.2, -0.15) is 4.31 Å². The Morgan fingerprint density at radius 3 is 2.56 bits per heavy atom. The minimum atomic E-state index is -3.55. The Kier molecular flexibility index (Phi) is 7.35.